The molecule has 1 aromatic heterocycles. The lowest BCUT2D eigenvalue weighted by atomic mass is 10.2. The number of hydrogen-bond acceptors (Lipinski definition) is 5. The Morgan fingerprint density at radius 3 is 2.80 bits per heavy atom. The summed E-state index contributed by atoms with van der Waals surface area (Å²) in [5.74, 6) is -1.59. The highest BCUT2D eigenvalue weighted by molar-refractivity contribution is 7.09. The minimum absolute atomic E-state index is 0.0783. The van der Waals surface area contributed by atoms with Crippen LogP contribution in [0.2, 0.25) is 5.02 Å². The summed E-state index contributed by atoms with van der Waals surface area (Å²) < 4.78 is 0. The number of rotatable bonds is 4. The molecule has 6 nitrogen and oxygen atoms in total. The maximum absolute atomic E-state index is 11.9. The van der Waals surface area contributed by atoms with Crippen molar-refractivity contribution in [3.05, 3.63) is 44.9 Å². The van der Waals surface area contributed by atoms with Crippen molar-refractivity contribution in [1.29, 1.82) is 0 Å². The van der Waals surface area contributed by atoms with Gasteiger partial charge in [-0.05, 0) is 18.2 Å². The van der Waals surface area contributed by atoms with Crippen LogP contribution in [0.5, 0.6) is 0 Å². The van der Waals surface area contributed by atoms with E-state index in [1.54, 1.807) is 5.38 Å². The van der Waals surface area contributed by atoms with E-state index in [2.05, 4.69) is 10.3 Å². The van der Waals surface area contributed by atoms with E-state index in [1.807, 2.05) is 0 Å². The molecule has 0 saturated heterocycles. The van der Waals surface area contributed by atoms with Crippen molar-refractivity contribution in [2.24, 2.45) is 5.73 Å². The normalized spacial score (nSPS) is 10.3. The van der Waals surface area contributed by atoms with Gasteiger partial charge in [0.2, 0.25) is 0 Å². The number of hydrogen-bond donors (Lipinski definition) is 3. The number of aromatic nitrogens is 1. The fraction of sp³-hybridized carbons (Fsp3) is 0.0833. The third-order valence-electron chi connectivity index (χ3n) is 2.41. The fourth-order valence-electron chi connectivity index (χ4n) is 1.47. The first-order chi connectivity index (χ1) is 9.51. The summed E-state index contributed by atoms with van der Waals surface area (Å²) in [6, 6.07) is 4.22. The van der Waals surface area contributed by atoms with E-state index in [4.69, 9.17) is 22.4 Å². The first kappa shape index (κ1) is 14.4. The lowest BCUT2D eigenvalue weighted by Gasteiger charge is -2.05. The number of aromatic carboxylic acids is 1. The number of anilines is 1. The Hall–Kier alpha value is -1.96. The zero-order valence-corrected chi connectivity index (χ0v) is 11.7. The second-order valence-corrected chi connectivity index (χ2v) is 5.13. The molecule has 8 heteroatoms. The number of nitrogens with two attached hydrogens (primary N) is 1. The number of nitrogens with one attached hydrogen (secondary N) is 1. The largest absolute Gasteiger partial charge is 0.478 e. The van der Waals surface area contributed by atoms with E-state index in [-0.39, 0.29) is 22.8 Å². The summed E-state index contributed by atoms with van der Waals surface area (Å²) in [5, 5.41) is 13.9. The Balaban J connectivity index is 2.19. The Morgan fingerprint density at radius 2 is 2.20 bits per heavy atom. The number of halogens is 1. The molecular weight excluding hydrogens is 302 g/mol. The van der Waals surface area contributed by atoms with Gasteiger partial charge in [0.1, 0.15) is 10.7 Å². The number of benzene rings is 1. The van der Waals surface area contributed by atoms with Crippen LogP contribution in [0.3, 0.4) is 0 Å². The van der Waals surface area contributed by atoms with Crippen LogP contribution in [0.15, 0.2) is 23.6 Å². The smallest absolute Gasteiger partial charge is 0.337 e. The van der Waals surface area contributed by atoms with Gasteiger partial charge in [-0.3, -0.25) is 4.79 Å². The van der Waals surface area contributed by atoms with Gasteiger partial charge in [-0.25, -0.2) is 9.78 Å². The maximum Gasteiger partial charge on any atom is 0.337 e. The van der Waals surface area contributed by atoms with Crippen LogP contribution < -0.4 is 11.1 Å². The summed E-state index contributed by atoms with van der Waals surface area (Å²) in [7, 11) is 0. The molecule has 2 aromatic rings. The summed E-state index contributed by atoms with van der Waals surface area (Å²) >= 11 is 7.04. The first-order valence-electron chi connectivity index (χ1n) is 5.50. The Labute approximate surface area is 123 Å². The summed E-state index contributed by atoms with van der Waals surface area (Å²) in [6.45, 7) is 0.266. The molecular formula is C12H10ClN3O3S. The van der Waals surface area contributed by atoms with E-state index in [9.17, 15) is 9.59 Å². The monoisotopic (exact) mass is 311 g/mol. The second kappa shape index (κ2) is 6.00. The molecule has 0 fully saturated rings. The van der Waals surface area contributed by atoms with Crippen LogP contribution in [0.25, 0.3) is 0 Å². The topological polar surface area (TPSA) is 105 Å². The van der Waals surface area contributed by atoms with Gasteiger partial charge in [0.25, 0.3) is 5.91 Å². The zero-order chi connectivity index (χ0) is 14.7. The molecule has 1 heterocycles. The van der Waals surface area contributed by atoms with Crippen molar-refractivity contribution < 1.29 is 14.7 Å². The van der Waals surface area contributed by atoms with E-state index in [0.717, 1.165) is 0 Å². The van der Waals surface area contributed by atoms with Gasteiger partial charge in [0.05, 0.1) is 10.6 Å². The number of nitrogens with zero attached hydrogens (tertiary/aromatic N) is 1. The van der Waals surface area contributed by atoms with Gasteiger partial charge in [0.15, 0.2) is 0 Å². The molecule has 2 rings (SSSR count). The predicted molar refractivity (Wildman–Crippen MR) is 76.4 cm³/mol. The standard InChI is InChI=1S/C12H10ClN3O3S/c13-8-2-1-6(3-7(8)12(18)19)15-11(17)9-5-20-10(4-14)16-9/h1-3,5H,4,14H2,(H,15,17)(H,18,19). The molecule has 0 radical (unpaired) electrons. The fourth-order valence-corrected chi connectivity index (χ4v) is 2.32. The van der Waals surface area contributed by atoms with Crippen molar-refractivity contribution in [3.8, 4) is 0 Å². The van der Waals surface area contributed by atoms with Crippen molar-refractivity contribution in [3.63, 3.8) is 0 Å². The minimum Gasteiger partial charge on any atom is -0.478 e. The predicted octanol–water partition coefficient (Wildman–Crippen LogP) is 2.21. The summed E-state index contributed by atoms with van der Waals surface area (Å²) in [5.41, 5.74) is 5.91. The number of thiazole rings is 1. The van der Waals surface area contributed by atoms with Crippen LogP contribution >= 0.6 is 22.9 Å². The lowest BCUT2D eigenvalue weighted by Crippen LogP contribution is -2.13. The first-order valence-corrected chi connectivity index (χ1v) is 6.75. The highest BCUT2D eigenvalue weighted by Crippen LogP contribution is 2.21. The van der Waals surface area contributed by atoms with Crippen molar-refractivity contribution in [1.82, 2.24) is 4.98 Å². The average molecular weight is 312 g/mol. The molecule has 1 aromatic carbocycles. The van der Waals surface area contributed by atoms with Crippen molar-refractivity contribution in [2.75, 3.05) is 5.32 Å². The number of carboxylic acids is 1. The summed E-state index contributed by atoms with van der Waals surface area (Å²) in [4.78, 5) is 26.9. The van der Waals surface area contributed by atoms with Crippen molar-refractivity contribution >= 4 is 40.5 Å². The molecule has 0 spiro atoms. The quantitative estimate of drug-likeness (QED) is 0.802. The van der Waals surface area contributed by atoms with Gasteiger partial charge in [-0.15, -0.1) is 11.3 Å². The molecule has 20 heavy (non-hydrogen) atoms. The van der Waals surface area contributed by atoms with Gasteiger partial charge < -0.3 is 16.2 Å². The molecule has 0 unspecified atom stereocenters. The molecule has 0 atom stereocenters. The zero-order valence-electron chi connectivity index (χ0n) is 10.1. The lowest BCUT2D eigenvalue weighted by molar-refractivity contribution is 0.0696. The molecule has 104 valence electrons. The highest BCUT2D eigenvalue weighted by Gasteiger charge is 2.13. The van der Waals surface area contributed by atoms with Gasteiger partial charge in [0, 0.05) is 17.6 Å². The van der Waals surface area contributed by atoms with E-state index in [0.29, 0.717) is 10.7 Å². The minimum atomic E-state index is -1.16. The Morgan fingerprint density at radius 1 is 1.45 bits per heavy atom. The van der Waals surface area contributed by atoms with Crippen LogP contribution in [-0.4, -0.2) is 22.0 Å². The van der Waals surface area contributed by atoms with Gasteiger partial charge >= 0.3 is 5.97 Å². The molecule has 1 amide bonds. The average Bonchev–Trinajstić information content (AvgIpc) is 2.89. The molecule has 0 aliphatic heterocycles. The van der Waals surface area contributed by atoms with Crippen molar-refractivity contribution in [2.45, 2.75) is 6.54 Å². The van der Waals surface area contributed by atoms with E-state index >= 15 is 0 Å². The van der Waals surface area contributed by atoms with Gasteiger partial charge in [-0.1, -0.05) is 11.6 Å². The Kier molecular flexibility index (Phi) is 4.33. The molecule has 0 aliphatic carbocycles. The number of carboxylic acid groups (broad SMARTS) is 1. The van der Waals surface area contributed by atoms with Gasteiger partial charge in [-0.2, -0.15) is 0 Å². The van der Waals surface area contributed by atoms with Crippen LogP contribution in [0, 0.1) is 0 Å². The molecule has 0 bridgehead atoms. The number of carbonyl (C=O) groups excluding carboxylic acids is 1. The van der Waals surface area contributed by atoms with E-state index in [1.165, 1.54) is 29.5 Å². The third kappa shape index (κ3) is 3.13. The molecule has 4 N–H and O–H groups in total. The SMILES string of the molecule is NCc1nc(C(=O)Nc2ccc(Cl)c(C(=O)O)c2)cs1. The number of amides is 1. The molecule has 0 saturated carbocycles. The van der Waals surface area contributed by atoms with Crippen LogP contribution in [-0.2, 0) is 6.54 Å². The maximum atomic E-state index is 11.9. The van der Waals surface area contributed by atoms with Crippen LogP contribution in [0.4, 0.5) is 5.69 Å². The Bertz CT molecular complexity index is 672. The summed E-state index contributed by atoms with van der Waals surface area (Å²) in [6.07, 6.45) is 0. The molecule has 0 aliphatic rings. The van der Waals surface area contributed by atoms with Crippen LogP contribution in [0.1, 0.15) is 25.9 Å². The number of carbonyl (C=O) groups is 2. The van der Waals surface area contributed by atoms with E-state index < -0.39 is 11.9 Å². The third-order valence-corrected chi connectivity index (χ3v) is 3.61. The second-order valence-electron chi connectivity index (χ2n) is 3.78. The highest BCUT2D eigenvalue weighted by atomic mass is 35.5.